The lowest BCUT2D eigenvalue weighted by molar-refractivity contribution is 0.0669. The summed E-state index contributed by atoms with van der Waals surface area (Å²) >= 11 is 0. The molecular formula is C25H28N4O. The number of amides is 1. The van der Waals surface area contributed by atoms with Crippen LogP contribution in [-0.4, -0.2) is 38.8 Å². The van der Waals surface area contributed by atoms with Gasteiger partial charge in [-0.3, -0.25) is 9.78 Å². The Morgan fingerprint density at radius 1 is 1.07 bits per heavy atom. The minimum atomic E-state index is 0.0827. The predicted octanol–water partition coefficient (Wildman–Crippen LogP) is 4.64. The number of rotatable bonds is 5. The van der Waals surface area contributed by atoms with Gasteiger partial charge < -0.3 is 4.90 Å². The van der Waals surface area contributed by atoms with E-state index in [4.69, 9.17) is 0 Å². The van der Waals surface area contributed by atoms with Crippen LogP contribution in [0, 0.1) is 19.8 Å². The van der Waals surface area contributed by atoms with Crippen molar-refractivity contribution in [3.63, 3.8) is 0 Å². The molecule has 0 spiro atoms. The summed E-state index contributed by atoms with van der Waals surface area (Å²) in [7, 11) is 0. The van der Waals surface area contributed by atoms with Gasteiger partial charge in [0.15, 0.2) is 5.82 Å². The molecular weight excluding hydrogens is 372 g/mol. The molecule has 0 N–H and O–H groups in total. The van der Waals surface area contributed by atoms with Crippen LogP contribution in [0.3, 0.4) is 0 Å². The predicted molar refractivity (Wildman–Crippen MR) is 118 cm³/mol. The van der Waals surface area contributed by atoms with Crippen molar-refractivity contribution in [3.05, 3.63) is 77.4 Å². The highest BCUT2D eigenvalue weighted by molar-refractivity contribution is 6.00. The fourth-order valence-electron chi connectivity index (χ4n) is 4.12. The standard InChI is InChI=1S/C25H28N4O/c1-18-7-11-22(24-26-12-4-13-27-24)23(15-18)25(30)29-14-3-5-20(17-29)8-10-21-9-6-19(2)16-28-21/h4,6-7,9,11-13,15-16,20H,3,5,8,10,14,17H2,1-2H3. The zero-order valence-electron chi connectivity index (χ0n) is 17.7. The summed E-state index contributed by atoms with van der Waals surface area (Å²) in [6.45, 7) is 5.68. The van der Waals surface area contributed by atoms with E-state index < -0.39 is 0 Å². The van der Waals surface area contributed by atoms with Crippen molar-refractivity contribution in [2.75, 3.05) is 13.1 Å². The Balaban J connectivity index is 1.48. The van der Waals surface area contributed by atoms with Crippen molar-refractivity contribution in [3.8, 4) is 11.4 Å². The first-order chi connectivity index (χ1) is 14.6. The quantitative estimate of drug-likeness (QED) is 0.626. The van der Waals surface area contributed by atoms with Gasteiger partial charge in [0.25, 0.3) is 5.91 Å². The third-order valence-corrected chi connectivity index (χ3v) is 5.80. The second-order valence-corrected chi connectivity index (χ2v) is 8.25. The molecule has 1 atom stereocenters. The Labute approximate surface area is 178 Å². The molecule has 4 rings (SSSR count). The number of hydrogen-bond acceptors (Lipinski definition) is 4. The van der Waals surface area contributed by atoms with Crippen LogP contribution >= 0.6 is 0 Å². The largest absolute Gasteiger partial charge is 0.338 e. The molecule has 0 saturated carbocycles. The third-order valence-electron chi connectivity index (χ3n) is 5.80. The van der Waals surface area contributed by atoms with Gasteiger partial charge in [-0.1, -0.05) is 23.8 Å². The molecule has 1 unspecified atom stereocenters. The number of nitrogens with zero attached hydrogens (tertiary/aromatic N) is 4. The third kappa shape index (κ3) is 4.73. The van der Waals surface area contributed by atoms with E-state index in [9.17, 15) is 4.79 Å². The molecule has 154 valence electrons. The normalized spacial score (nSPS) is 16.5. The zero-order valence-corrected chi connectivity index (χ0v) is 17.7. The number of hydrogen-bond donors (Lipinski definition) is 0. The first kappa shape index (κ1) is 20.2. The molecule has 0 aliphatic carbocycles. The van der Waals surface area contributed by atoms with Crippen molar-refractivity contribution in [2.45, 2.75) is 39.5 Å². The van der Waals surface area contributed by atoms with Crippen LogP contribution < -0.4 is 0 Å². The summed E-state index contributed by atoms with van der Waals surface area (Å²) in [4.78, 5) is 28.7. The minimum absolute atomic E-state index is 0.0827. The number of benzene rings is 1. The van der Waals surface area contributed by atoms with Crippen molar-refractivity contribution in [2.24, 2.45) is 5.92 Å². The molecule has 1 aliphatic heterocycles. The van der Waals surface area contributed by atoms with Crippen LogP contribution in [0.4, 0.5) is 0 Å². The SMILES string of the molecule is Cc1ccc(CCC2CCCN(C(=O)c3cc(C)ccc3-c3ncccn3)C2)nc1. The second-order valence-electron chi connectivity index (χ2n) is 8.25. The van der Waals surface area contributed by atoms with Crippen LogP contribution in [-0.2, 0) is 6.42 Å². The van der Waals surface area contributed by atoms with Gasteiger partial charge in [-0.05, 0) is 69.2 Å². The second kappa shape index (κ2) is 9.16. The van der Waals surface area contributed by atoms with Crippen LogP contribution in [0.25, 0.3) is 11.4 Å². The Morgan fingerprint density at radius 3 is 2.63 bits per heavy atom. The lowest BCUT2D eigenvalue weighted by Crippen LogP contribution is -2.40. The Kier molecular flexibility index (Phi) is 6.17. The number of aryl methyl sites for hydroxylation is 3. The van der Waals surface area contributed by atoms with E-state index in [0.29, 0.717) is 17.3 Å². The van der Waals surface area contributed by atoms with Gasteiger partial charge in [0.05, 0.1) is 5.56 Å². The Morgan fingerprint density at radius 2 is 1.87 bits per heavy atom. The average Bonchev–Trinajstić information content (AvgIpc) is 2.79. The maximum Gasteiger partial charge on any atom is 0.254 e. The van der Waals surface area contributed by atoms with Gasteiger partial charge in [-0.2, -0.15) is 0 Å². The molecule has 1 amide bonds. The van der Waals surface area contributed by atoms with Gasteiger partial charge in [0, 0.05) is 42.9 Å². The average molecular weight is 401 g/mol. The number of carbonyl (C=O) groups excluding carboxylic acids is 1. The molecule has 30 heavy (non-hydrogen) atoms. The van der Waals surface area contributed by atoms with Crippen molar-refractivity contribution in [1.29, 1.82) is 0 Å². The van der Waals surface area contributed by atoms with Crippen molar-refractivity contribution < 1.29 is 4.79 Å². The van der Waals surface area contributed by atoms with Crippen molar-refractivity contribution >= 4 is 5.91 Å². The number of aromatic nitrogens is 3. The van der Waals surface area contributed by atoms with E-state index in [1.165, 1.54) is 5.56 Å². The fraction of sp³-hybridized carbons (Fsp3) is 0.360. The smallest absolute Gasteiger partial charge is 0.254 e. The van der Waals surface area contributed by atoms with Gasteiger partial charge in [0.2, 0.25) is 0 Å². The molecule has 3 aromatic rings. The van der Waals surface area contributed by atoms with E-state index in [0.717, 1.165) is 55.6 Å². The molecule has 0 radical (unpaired) electrons. The van der Waals surface area contributed by atoms with Crippen LogP contribution in [0.15, 0.2) is 55.0 Å². The summed E-state index contributed by atoms with van der Waals surface area (Å²) < 4.78 is 0. The highest BCUT2D eigenvalue weighted by atomic mass is 16.2. The number of pyridine rings is 1. The summed E-state index contributed by atoms with van der Waals surface area (Å²) in [5.74, 6) is 1.19. The molecule has 5 nitrogen and oxygen atoms in total. The molecule has 5 heteroatoms. The molecule has 1 saturated heterocycles. The monoisotopic (exact) mass is 400 g/mol. The van der Waals surface area contributed by atoms with Gasteiger partial charge in [0.1, 0.15) is 0 Å². The highest BCUT2D eigenvalue weighted by Gasteiger charge is 2.26. The van der Waals surface area contributed by atoms with E-state index in [-0.39, 0.29) is 5.91 Å². The minimum Gasteiger partial charge on any atom is -0.338 e. The zero-order chi connectivity index (χ0) is 20.9. The molecule has 1 aromatic carbocycles. The van der Waals surface area contributed by atoms with Crippen LogP contribution in [0.5, 0.6) is 0 Å². The van der Waals surface area contributed by atoms with E-state index in [2.05, 4.69) is 34.0 Å². The molecule has 1 aliphatic rings. The molecule has 0 bridgehead atoms. The Hall–Kier alpha value is -3.08. The van der Waals surface area contributed by atoms with Crippen LogP contribution in [0.2, 0.25) is 0 Å². The number of piperidine rings is 1. The maximum atomic E-state index is 13.5. The Bertz CT molecular complexity index is 1000. The lowest BCUT2D eigenvalue weighted by atomic mass is 9.91. The number of carbonyl (C=O) groups is 1. The molecule has 2 aromatic heterocycles. The van der Waals surface area contributed by atoms with Gasteiger partial charge in [-0.15, -0.1) is 0 Å². The van der Waals surface area contributed by atoms with E-state index in [1.54, 1.807) is 18.5 Å². The summed E-state index contributed by atoms with van der Waals surface area (Å²) in [5, 5.41) is 0. The first-order valence-electron chi connectivity index (χ1n) is 10.7. The lowest BCUT2D eigenvalue weighted by Gasteiger charge is -2.33. The van der Waals surface area contributed by atoms with Crippen LogP contribution in [0.1, 0.15) is 46.4 Å². The molecule has 1 fully saturated rings. The first-order valence-corrected chi connectivity index (χ1v) is 10.7. The maximum absolute atomic E-state index is 13.5. The highest BCUT2D eigenvalue weighted by Crippen LogP contribution is 2.27. The van der Waals surface area contributed by atoms with Crippen molar-refractivity contribution in [1.82, 2.24) is 19.9 Å². The van der Waals surface area contributed by atoms with E-state index >= 15 is 0 Å². The topological polar surface area (TPSA) is 59.0 Å². The summed E-state index contributed by atoms with van der Waals surface area (Å²) in [6.07, 6.45) is 9.58. The number of likely N-dealkylation sites (tertiary alicyclic amines) is 1. The summed E-state index contributed by atoms with van der Waals surface area (Å²) in [5.41, 5.74) is 4.88. The fourth-order valence-corrected chi connectivity index (χ4v) is 4.12. The van der Waals surface area contributed by atoms with E-state index in [1.807, 2.05) is 36.2 Å². The molecule has 3 heterocycles. The van der Waals surface area contributed by atoms with Gasteiger partial charge >= 0.3 is 0 Å². The summed E-state index contributed by atoms with van der Waals surface area (Å²) in [6, 6.07) is 12.0. The van der Waals surface area contributed by atoms with Gasteiger partial charge in [-0.25, -0.2) is 9.97 Å².